The summed E-state index contributed by atoms with van der Waals surface area (Å²) in [5.41, 5.74) is 0.684. The molecule has 1 aliphatic rings. The summed E-state index contributed by atoms with van der Waals surface area (Å²) in [5, 5.41) is 8.69. The Balaban J connectivity index is 2.23. The van der Waals surface area contributed by atoms with Gasteiger partial charge in [-0.1, -0.05) is 0 Å². The lowest BCUT2D eigenvalue weighted by Gasteiger charge is -2.40. The second kappa shape index (κ2) is 2.91. The minimum Gasteiger partial charge on any atom is -0.357 e. The van der Waals surface area contributed by atoms with Gasteiger partial charge in [0.1, 0.15) is 6.07 Å². The first kappa shape index (κ1) is 8.88. The van der Waals surface area contributed by atoms with Crippen LogP contribution in [0.4, 0.5) is 14.5 Å². The molecule has 3 nitrogen and oxygen atoms in total. The minimum atomic E-state index is -2.62. The van der Waals surface area contributed by atoms with Gasteiger partial charge in [0.2, 0.25) is 0 Å². The van der Waals surface area contributed by atoms with Crippen LogP contribution in [0.15, 0.2) is 18.3 Å². The third-order valence-electron chi connectivity index (χ3n) is 2.08. The lowest BCUT2D eigenvalue weighted by Crippen LogP contribution is -2.56. The summed E-state index contributed by atoms with van der Waals surface area (Å²) in [6.45, 7) is -0.652. The van der Waals surface area contributed by atoms with Crippen LogP contribution < -0.4 is 4.90 Å². The molecule has 0 bridgehead atoms. The lowest BCUT2D eigenvalue weighted by atomic mass is 10.1. The van der Waals surface area contributed by atoms with E-state index in [2.05, 4.69) is 4.98 Å². The Hall–Kier alpha value is -1.70. The summed E-state index contributed by atoms with van der Waals surface area (Å²) < 4.78 is 25.1. The van der Waals surface area contributed by atoms with Crippen molar-refractivity contribution in [2.45, 2.75) is 5.92 Å². The van der Waals surface area contributed by atoms with Crippen LogP contribution in [0.1, 0.15) is 5.69 Å². The summed E-state index contributed by atoms with van der Waals surface area (Å²) in [6.07, 6.45) is 1.47. The maximum Gasteiger partial charge on any atom is 0.282 e. The molecule has 0 spiro atoms. The second-order valence-electron chi connectivity index (χ2n) is 3.19. The van der Waals surface area contributed by atoms with Crippen molar-refractivity contribution in [1.29, 1.82) is 5.26 Å². The summed E-state index contributed by atoms with van der Waals surface area (Å²) in [7, 11) is 0. The summed E-state index contributed by atoms with van der Waals surface area (Å²) in [5.74, 6) is -2.62. The Morgan fingerprint density at radius 3 is 2.79 bits per heavy atom. The molecule has 1 aliphatic heterocycles. The monoisotopic (exact) mass is 195 g/mol. The van der Waals surface area contributed by atoms with Crippen LogP contribution in [0.5, 0.6) is 0 Å². The first-order valence-electron chi connectivity index (χ1n) is 4.10. The molecule has 0 aromatic carbocycles. The molecule has 2 rings (SSSR count). The first-order valence-corrected chi connectivity index (χ1v) is 4.10. The smallest absolute Gasteiger partial charge is 0.282 e. The molecule has 0 unspecified atom stereocenters. The molecular formula is C9H7F2N3. The predicted molar refractivity (Wildman–Crippen MR) is 46.1 cm³/mol. The van der Waals surface area contributed by atoms with Gasteiger partial charge in [-0.15, -0.1) is 0 Å². The Labute approximate surface area is 79.6 Å². The normalized spacial score (nSPS) is 18.5. The van der Waals surface area contributed by atoms with Crippen molar-refractivity contribution in [3.63, 3.8) is 0 Å². The van der Waals surface area contributed by atoms with Gasteiger partial charge in [0.15, 0.2) is 5.69 Å². The highest BCUT2D eigenvalue weighted by atomic mass is 19.3. The van der Waals surface area contributed by atoms with Crippen LogP contribution in [0, 0.1) is 11.3 Å². The molecule has 1 aromatic heterocycles. The molecule has 5 heteroatoms. The molecule has 1 saturated heterocycles. The molecule has 0 N–H and O–H groups in total. The highest BCUT2D eigenvalue weighted by molar-refractivity contribution is 5.57. The Morgan fingerprint density at radius 1 is 1.50 bits per heavy atom. The number of nitriles is 1. The van der Waals surface area contributed by atoms with Crippen molar-refractivity contribution >= 4 is 5.69 Å². The van der Waals surface area contributed by atoms with E-state index in [0.717, 1.165) is 0 Å². The molecule has 0 atom stereocenters. The van der Waals surface area contributed by atoms with Gasteiger partial charge in [0, 0.05) is 6.20 Å². The van der Waals surface area contributed by atoms with Crippen LogP contribution in [-0.4, -0.2) is 24.0 Å². The molecule has 72 valence electrons. The van der Waals surface area contributed by atoms with E-state index in [1.807, 2.05) is 6.07 Å². The van der Waals surface area contributed by atoms with Gasteiger partial charge in [0.25, 0.3) is 5.92 Å². The van der Waals surface area contributed by atoms with E-state index >= 15 is 0 Å². The van der Waals surface area contributed by atoms with E-state index in [0.29, 0.717) is 5.69 Å². The molecule has 0 aliphatic carbocycles. The van der Waals surface area contributed by atoms with Crippen molar-refractivity contribution in [2.24, 2.45) is 0 Å². The topological polar surface area (TPSA) is 39.9 Å². The van der Waals surface area contributed by atoms with Crippen LogP contribution in [0.25, 0.3) is 0 Å². The third-order valence-corrected chi connectivity index (χ3v) is 2.08. The van der Waals surface area contributed by atoms with Gasteiger partial charge < -0.3 is 4.90 Å². The van der Waals surface area contributed by atoms with Crippen LogP contribution in [-0.2, 0) is 0 Å². The Bertz CT molecular complexity index is 389. The third kappa shape index (κ3) is 1.39. The van der Waals surface area contributed by atoms with Gasteiger partial charge in [-0.2, -0.15) is 5.26 Å². The van der Waals surface area contributed by atoms with E-state index in [1.54, 1.807) is 12.1 Å². The fourth-order valence-electron chi connectivity index (χ4n) is 1.42. The van der Waals surface area contributed by atoms with Gasteiger partial charge in [-0.05, 0) is 12.1 Å². The number of rotatable bonds is 1. The lowest BCUT2D eigenvalue weighted by molar-refractivity contribution is -0.0263. The number of halogens is 2. The van der Waals surface area contributed by atoms with Crippen molar-refractivity contribution < 1.29 is 8.78 Å². The largest absolute Gasteiger partial charge is 0.357 e. The highest BCUT2D eigenvalue weighted by Crippen LogP contribution is 2.32. The molecule has 2 heterocycles. The summed E-state index contributed by atoms with van der Waals surface area (Å²) >= 11 is 0. The molecule has 1 fully saturated rings. The van der Waals surface area contributed by atoms with Crippen molar-refractivity contribution in [1.82, 2.24) is 4.98 Å². The Kier molecular flexibility index (Phi) is 1.84. The molecule has 0 amide bonds. The number of anilines is 1. The number of hydrogen-bond donors (Lipinski definition) is 0. The standard InChI is InChI=1S/C9H7F2N3/c10-9(11)5-14(6-9)8-2-1-3-13-7(8)4-12/h1-3H,5-6H2. The van der Waals surface area contributed by atoms with Gasteiger partial charge in [-0.3, -0.25) is 0 Å². The molecule has 14 heavy (non-hydrogen) atoms. The quantitative estimate of drug-likeness (QED) is 0.680. The molecular weight excluding hydrogens is 188 g/mol. The van der Waals surface area contributed by atoms with E-state index in [9.17, 15) is 8.78 Å². The van der Waals surface area contributed by atoms with Gasteiger partial charge >= 0.3 is 0 Å². The average molecular weight is 195 g/mol. The van der Waals surface area contributed by atoms with Crippen molar-refractivity contribution in [2.75, 3.05) is 18.0 Å². The summed E-state index contributed by atoms with van der Waals surface area (Å²) in [6, 6.07) is 5.13. The number of pyridine rings is 1. The second-order valence-corrected chi connectivity index (χ2v) is 3.19. The predicted octanol–water partition coefficient (Wildman–Crippen LogP) is 1.41. The number of alkyl halides is 2. The summed E-state index contributed by atoms with van der Waals surface area (Å²) in [4.78, 5) is 5.25. The minimum absolute atomic E-state index is 0.197. The van der Waals surface area contributed by atoms with Crippen molar-refractivity contribution in [3.05, 3.63) is 24.0 Å². The van der Waals surface area contributed by atoms with Crippen molar-refractivity contribution in [3.8, 4) is 6.07 Å². The number of nitrogens with zero attached hydrogens (tertiary/aromatic N) is 3. The molecule has 0 radical (unpaired) electrons. The Morgan fingerprint density at radius 2 is 2.21 bits per heavy atom. The fourth-order valence-corrected chi connectivity index (χ4v) is 1.42. The van der Waals surface area contributed by atoms with E-state index in [4.69, 9.17) is 5.26 Å². The fraction of sp³-hybridized carbons (Fsp3) is 0.333. The average Bonchev–Trinajstić information content (AvgIpc) is 2.14. The van der Waals surface area contributed by atoms with Crippen LogP contribution in [0.3, 0.4) is 0 Å². The molecule has 0 saturated carbocycles. The maximum atomic E-state index is 12.6. The zero-order valence-electron chi connectivity index (χ0n) is 7.24. The number of aromatic nitrogens is 1. The zero-order valence-corrected chi connectivity index (χ0v) is 7.24. The number of hydrogen-bond acceptors (Lipinski definition) is 3. The SMILES string of the molecule is N#Cc1ncccc1N1CC(F)(F)C1. The van der Waals surface area contributed by atoms with E-state index < -0.39 is 5.92 Å². The highest BCUT2D eigenvalue weighted by Gasteiger charge is 2.44. The first-order chi connectivity index (χ1) is 6.62. The van der Waals surface area contributed by atoms with E-state index in [1.165, 1.54) is 11.1 Å². The van der Waals surface area contributed by atoms with Crippen LogP contribution in [0.2, 0.25) is 0 Å². The maximum absolute atomic E-state index is 12.6. The van der Waals surface area contributed by atoms with Gasteiger partial charge in [-0.25, -0.2) is 13.8 Å². The van der Waals surface area contributed by atoms with Gasteiger partial charge in [0.05, 0.1) is 18.8 Å². The van der Waals surface area contributed by atoms with Crippen LogP contribution >= 0.6 is 0 Å². The van der Waals surface area contributed by atoms with E-state index in [-0.39, 0.29) is 18.8 Å². The zero-order chi connectivity index (χ0) is 10.2. The molecule has 1 aromatic rings.